The van der Waals surface area contributed by atoms with Crippen LogP contribution in [0.15, 0.2) is 12.1 Å². The Morgan fingerprint density at radius 2 is 2.19 bits per heavy atom. The van der Waals surface area contributed by atoms with Gasteiger partial charge in [0.2, 0.25) is 0 Å². The van der Waals surface area contributed by atoms with Crippen molar-refractivity contribution in [2.75, 3.05) is 25.1 Å². The van der Waals surface area contributed by atoms with Crippen LogP contribution in [0.3, 0.4) is 0 Å². The number of thioether (sulfide) groups is 1. The second-order valence-corrected chi connectivity index (χ2v) is 6.22. The summed E-state index contributed by atoms with van der Waals surface area (Å²) in [4.78, 5) is 2.41. The van der Waals surface area contributed by atoms with Gasteiger partial charge in [0.1, 0.15) is 0 Å². The summed E-state index contributed by atoms with van der Waals surface area (Å²) in [6.07, 6.45) is 2.50. The van der Waals surface area contributed by atoms with Crippen molar-refractivity contribution in [3.63, 3.8) is 0 Å². The molecule has 0 amide bonds. The van der Waals surface area contributed by atoms with E-state index >= 15 is 0 Å². The molecule has 0 radical (unpaired) electrons. The predicted octanol–water partition coefficient (Wildman–Crippen LogP) is 2.43. The molecule has 2 heterocycles. The van der Waals surface area contributed by atoms with E-state index in [0.717, 1.165) is 12.2 Å². The van der Waals surface area contributed by atoms with E-state index in [-0.39, 0.29) is 0 Å². The zero-order valence-electron chi connectivity index (χ0n) is 9.70. The normalized spacial score (nSPS) is 24.9. The monoisotopic (exact) mass is 234 g/mol. The van der Waals surface area contributed by atoms with E-state index < -0.39 is 0 Å². The van der Waals surface area contributed by atoms with Gasteiger partial charge in [-0.15, -0.1) is 0 Å². The van der Waals surface area contributed by atoms with Crippen LogP contribution in [0.25, 0.3) is 0 Å². The molecule has 0 spiro atoms. The average Bonchev–Trinajstić information content (AvgIpc) is 2.40. The molecule has 0 bridgehead atoms. The van der Waals surface area contributed by atoms with Gasteiger partial charge in [-0.2, -0.15) is 11.8 Å². The summed E-state index contributed by atoms with van der Waals surface area (Å²) >= 11 is 2.12. The predicted molar refractivity (Wildman–Crippen MR) is 70.7 cm³/mol. The van der Waals surface area contributed by atoms with E-state index in [1.165, 1.54) is 36.3 Å². The first-order valence-corrected chi connectivity index (χ1v) is 7.00. The Labute approximate surface area is 101 Å². The van der Waals surface area contributed by atoms with Crippen molar-refractivity contribution in [2.24, 2.45) is 0 Å². The van der Waals surface area contributed by atoms with Gasteiger partial charge in [0.25, 0.3) is 0 Å². The Kier molecular flexibility index (Phi) is 2.60. The van der Waals surface area contributed by atoms with E-state index in [1.807, 2.05) is 0 Å². The molecule has 0 aliphatic carbocycles. The third-order valence-electron chi connectivity index (χ3n) is 3.52. The first-order chi connectivity index (χ1) is 7.74. The number of aryl methyl sites for hydroxylation is 1. The second kappa shape index (κ2) is 3.97. The van der Waals surface area contributed by atoms with Crippen molar-refractivity contribution in [1.29, 1.82) is 0 Å². The van der Waals surface area contributed by atoms with Crippen molar-refractivity contribution < 1.29 is 0 Å². The highest BCUT2D eigenvalue weighted by atomic mass is 32.2. The zero-order chi connectivity index (χ0) is 11.1. The Morgan fingerprint density at radius 1 is 1.38 bits per heavy atom. The third kappa shape index (κ3) is 1.72. The molecule has 0 saturated heterocycles. The SMILES string of the molecule is CN1Cc2cc(N)cc3c2C(C1)SCCC3. The molecule has 3 heteroatoms. The first-order valence-electron chi connectivity index (χ1n) is 5.95. The standard InChI is InChI=1S/C13H18N2S/c1-15-7-10-6-11(14)5-9-3-2-4-16-12(8-15)13(9)10/h5-6,12H,2-4,7-8,14H2,1H3. The van der Waals surface area contributed by atoms with Crippen molar-refractivity contribution >= 4 is 17.4 Å². The maximum absolute atomic E-state index is 6.00. The number of likely N-dealkylation sites (N-methyl/N-ethyl adjacent to an activating group) is 1. The molecule has 2 nitrogen and oxygen atoms in total. The van der Waals surface area contributed by atoms with Crippen LogP contribution in [0.4, 0.5) is 5.69 Å². The molecule has 2 N–H and O–H groups in total. The van der Waals surface area contributed by atoms with Gasteiger partial charge in [-0.1, -0.05) is 0 Å². The first kappa shape index (κ1) is 10.5. The molecule has 86 valence electrons. The molecule has 0 saturated carbocycles. The molecule has 16 heavy (non-hydrogen) atoms. The van der Waals surface area contributed by atoms with Crippen molar-refractivity contribution in [3.8, 4) is 0 Å². The molecular formula is C13H18N2S. The fourth-order valence-corrected chi connectivity index (χ4v) is 4.34. The van der Waals surface area contributed by atoms with Crippen LogP contribution in [0.2, 0.25) is 0 Å². The molecule has 2 aliphatic rings. The summed E-state index contributed by atoms with van der Waals surface area (Å²) < 4.78 is 0. The van der Waals surface area contributed by atoms with Crippen molar-refractivity contribution in [2.45, 2.75) is 24.6 Å². The van der Waals surface area contributed by atoms with E-state index in [2.05, 4.69) is 35.8 Å². The minimum Gasteiger partial charge on any atom is -0.399 e. The van der Waals surface area contributed by atoms with Crippen LogP contribution in [-0.4, -0.2) is 24.2 Å². The summed E-state index contributed by atoms with van der Waals surface area (Å²) in [6, 6.07) is 4.37. The number of hydrogen-bond acceptors (Lipinski definition) is 3. The maximum atomic E-state index is 6.00. The number of hydrogen-bond donors (Lipinski definition) is 1. The summed E-state index contributed by atoms with van der Waals surface area (Å²) in [5, 5.41) is 0.673. The van der Waals surface area contributed by atoms with E-state index in [9.17, 15) is 0 Å². The molecule has 0 aromatic heterocycles. The molecular weight excluding hydrogens is 216 g/mol. The number of anilines is 1. The third-order valence-corrected chi connectivity index (χ3v) is 4.83. The minimum absolute atomic E-state index is 0.673. The quantitative estimate of drug-likeness (QED) is 0.699. The number of rotatable bonds is 0. The molecule has 1 aromatic carbocycles. The van der Waals surface area contributed by atoms with Gasteiger partial charge in [0, 0.05) is 24.0 Å². The van der Waals surface area contributed by atoms with E-state index in [4.69, 9.17) is 5.73 Å². The van der Waals surface area contributed by atoms with Gasteiger partial charge in [0.05, 0.1) is 0 Å². The molecule has 0 fully saturated rings. The minimum atomic E-state index is 0.673. The zero-order valence-corrected chi connectivity index (χ0v) is 10.5. The summed E-state index contributed by atoms with van der Waals surface area (Å²) in [5.41, 5.74) is 11.5. The molecule has 1 aromatic rings. The van der Waals surface area contributed by atoms with Crippen LogP contribution in [0, 0.1) is 0 Å². The smallest absolute Gasteiger partial charge is 0.0430 e. The molecule has 3 rings (SSSR count). The fraction of sp³-hybridized carbons (Fsp3) is 0.538. The Hall–Kier alpha value is -0.670. The Morgan fingerprint density at radius 3 is 3.06 bits per heavy atom. The highest BCUT2D eigenvalue weighted by Gasteiger charge is 2.28. The lowest BCUT2D eigenvalue weighted by atomic mass is 9.91. The Bertz CT molecular complexity index is 417. The van der Waals surface area contributed by atoms with Crippen LogP contribution in [0.1, 0.15) is 28.4 Å². The van der Waals surface area contributed by atoms with Gasteiger partial charge >= 0.3 is 0 Å². The summed E-state index contributed by atoms with van der Waals surface area (Å²) in [7, 11) is 2.21. The van der Waals surface area contributed by atoms with Crippen LogP contribution < -0.4 is 5.73 Å². The topological polar surface area (TPSA) is 29.3 Å². The van der Waals surface area contributed by atoms with Gasteiger partial charge < -0.3 is 10.6 Å². The lowest BCUT2D eigenvalue weighted by Crippen LogP contribution is -2.29. The highest BCUT2D eigenvalue weighted by Crippen LogP contribution is 2.42. The second-order valence-electron chi connectivity index (χ2n) is 4.91. The Balaban J connectivity index is 2.14. The fourth-order valence-electron chi connectivity index (χ4n) is 2.91. The lowest BCUT2D eigenvalue weighted by Gasteiger charge is -2.32. The van der Waals surface area contributed by atoms with E-state index in [1.54, 1.807) is 5.56 Å². The number of nitrogens with two attached hydrogens (primary N) is 1. The summed E-state index contributed by atoms with van der Waals surface area (Å²) in [6.45, 7) is 2.25. The van der Waals surface area contributed by atoms with Crippen molar-refractivity contribution in [1.82, 2.24) is 4.90 Å². The molecule has 1 unspecified atom stereocenters. The number of benzene rings is 1. The van der Waals surface area contributed by atoms with Gasteiger partial charge in [-0.05, 0) is 54.5 Å². The number of nitrogens with zero attached hydrogens (tertiary/aromatic N) is 1. The van der Waals surface area contributed by atoms with Gasteiger partial charge in [0.15, 0.2) is 0 Å². The summed E-state index contributed by atoms with van der Waals surface area (Å²) in [5.74, 6) is 1.28. The largest absolute Gasteiger partial charge is 0.399 e. The van der Waals surface area contributed by atoms with Gasteiger partial charge in [-0.25, -0.2) is 0 Å². The number of nitrogen functional groups attached to an aromatic ring is 1. The average molecular weight is 234 g/mol. The maximum Gasteiger partial charge on any atom is 0.0430 e. The molecule has 2 aliphatic heterocycles. The molecule has 1 atom stereocenters. The van der Waals surface area contributed by atoms with Crippen molar-refractivity contribution in [3.05, 3.63) is 28.8 Å². The highest BCUT2D eigenvalue weighted by molar-refractivity contribution is 7.99. The van der Waals surface area contributed by atoms with Crippen LogP contribution in [-0.2, 0) is 13.0 Å². The van der Waals surface area contributed by atoms with Crippen LogP contribution >= 0.6 is 11.8 Å². The van der Waals surface area contributed by atoms with Gasteiger partial charge in [-0.3, -0.25) is 0 Å². The van der Waals surface area contributed by atoms with Crippen LogP contribution in [0.5, 0.6) is 0 Å². The lowest BCUT2D eigenvalue weighted by molar-refractivity contribution is 0.309. The van der Waals surface area contributed by atoms with E-state index in [0.29, 0.717) is 5.25 Å².